The summed E-state index contributed by atoms with van der Waals surface area (Å²) in [5, 5.41) is 0. The van der Waals surface area contributed by atoms with Gasteiger partial charge in [-0.25, -0.2) is 0 Å². The van der Waals surface area contributed by atoms with E-state index in [2.05, 4.69) is 0 Å². The van der Waals surface area contributed by atoms with Gasteiger partial charge >= 0.3 is 11.9 Å². The largest absolute Gasteiger partial charge is 0.465 e. The molecule has 18 heavy (non-hydrogen) atoms. The second-order valence-corrected chi connectivity index (χ2v) is 4.68. The predicted molar refractivity (Wildman–Crippen MR) is 62.7 cm³/mol. The standard InChI is InChI=1S/C14H14O4/c1-2-17-12(15)14-10(8-18-13(14)16)11(14)9-6-4-3-5-7-9/h3-7,10-11H,2,8H2,1H3/t10-,11-,14-/m0/s1. The first-order valence-electron chi connectivity index (χ1n) is 6.12. The van der Waals surface area contributed by atoms with Crippen LogP contribution < -0.4 is 0 Å². The number of hydrogen-bond donors (Lipinski definition) is 0. The number of benzene rings is 1. The molecule has 3 rings (SSSR count). The minimum Gasteiger partial charge on any atom is -0.465 e. The minimum atomic E-state index is -1.07. The van der Waals surface area contributed by atoms with Crippen LogP contribution in [0.5, 0.6) is 0 Å². The van der Waals surface area contributed by atoms with E-state index in [0.29, 0.717) is 6.61 Å². The summed E-state index contributed by atoms with van der Waals surface area (Å²) < 4.78 is 10.1. The number of fused-ring (bicyclic) bond motifs is 1. The first-order valence-corrected chi connectivity index (χ1v) is 6.12. The summed E-state index contributed by atoms with van der Waals surface area (Å²) >= 11 is 0. The SMILES string of the molecule is CCOC(=O)[C@]12C(=O)OC[C@H]1[C@@H]2c1ccccc1. The van der Waals surface area contributed by atoms with Crippen LogP contribution in [0.15, 0.2) is 30.3 Å². The van der Waals surface area contributed by atoms with Gasteiger partial charge in [-0.2, -0.15) is 0 Å². The number of ether oxygens (including phenoxy) is 2. The fourth-order valence-electron chi connectivity index (χ4n) is 3.02. The van der Waals surface area contributed by atoms with Crippen LogP contribution in [0.3, 0.4) is 0 Å². The zero-order valence-corrected chi connectivity index (χ0v) is 10.1. The summed E-state index contributed by atoms with van der Waals surface area (Å²) in [7, 11) is 0. The van der Waals surface area contributed by atoms with Crippen molar-refractivity contribution >= 4 is 11.9 Å². The van der Waals surface area contributed by atoms with Crippen LogP contribution in [0.2, 0.25) is 0 Å². The molecule has 0 amide bonds. The van der Waals surface area contributed by atoms with E-state index in [1.165, 1.54) is 0 Å². The van der Waals surface area contributed by atoms with Gasteiger partial charge in [0.2, 0.25) is 0 Å². The van der Waals surface area contributed by atoms with Crippen molar-refractivity contribution in [2.45, 2.75) is 12.8 Å². The van der Waals surface area contributed by atoms with Crippen LogP contribution in [0.4, 0.5) is 0 Å². The maximum atomic E-state index is 12.1. The number of hydrogen-bond acceptors (Lipinski definition) is 4. The Kier molecular flexibility index (Phi) is 2.40. The normalized spacial score (nSPS) is 32.6. The van der Waals surface area contributed by atoms with E-state index in [4.69, 9.17) is 9.47 Å². The zero-order chi connectivity index (χ0) is 12.8. The molecule has 1 saturated carbocycles. The second-order valence-electron chi connectivity index (χ2n) is 4.68. The number of esters is 2. The molecule has 0 N–H and O–H groups in total. The third kappa shape index (κ3) is 1.26. The molecule has 0 unspecified atom stereocenters. The Hall–Kier alpha value is -1.84. The van der Waals surface area contributed by atoms with Gasteiger partial charge in [-0.15, -0.1) is 0 Å². The van der Waals surface area contributed by atoms with Crippen LogP contribution in [0.25, 0.3) is 0 Å². The molecule has 1 saturated heterocycles. The van der Waals surface area contributed by atoms with Crippen LogP contribution in [0.1, 0.15) is 18.4 Å². The first-order chi connectivity index (χ1) is 8.72. The van der Waals surface area contributed by atoms with Gasteiger partial charge in [-0.1, -0.05) is 30.3 Å². The predicted octanol–water partition coefficient (Wildman–Crippen LogP) is 1.51. The lowest BCUT2D eigenvalue weighted by Crippen LogP contribution is -2.29. The average molecular weight is 246 g/mol. The smallest absolute Gasteiger partial charge is 0.324 e. The van der Waals surface area contributed by atoms with Crippen molar-refractivity contribution in [1.29, 1.82) is 0 Å². The Morgan fingerprint density at radius 2 is 2.17 bits per heavy atom. The van der Waals surface area contributed by atoms with Crippen LogP contribution in [0, 0.1) is 11.3 Å². The highest BCUT2D eigenvalue weighted by Crippen LogP contribution is 2.69. The van der Waals surface area contributed by atoms with Crippen molar-refractivity contribution in [2.24, 2.45) is 11.3 Å². The van der Waals surface area contributed by atoms with Crippen molar-refractivity contribution in [3.63, 3.8) is 0 Å². The van der Waals surface area contributed by atoms with Crippen molar-refractivity contribution in [3.05, 3.63) is 35.9 Å². The Balaban J connectivity index is 1.96. The maximum Gasteiger partial charge on any atom is 0.324 e. The molecule has 0 bridgehead atoms. The molecule has 2 fully saturated rings. The third-order valence-corrected chi connectivity index (χ3v) is 3.87. The lowest BCUT2D eigenvalue weighted by molar-refractivity contribution is -0.160. The van der Waals surface area contributed by atoms with Crippen molar-refractivity contribution in [1.82, 2.24) is 0 Å². The number of carbonyl (C=O) groups is 2. The molecule has 1 aliphatic carbocycles. The van der Waals surface area contributed by atoms with Crippen molar-refractivity contribution in [3.8, 4) is 0 Å². The number of carbonyl (C=O) groups excluding carboxylic acids is 2. The first kappa shape index (κ1) is 11.3. The Bertz CT molecular complexity index is 496. The summed E-state index contributed by atoms with van der Waals surface area (Å²) in [5.74, 6) is -1.02. The Morgan fingerprint density at radius 3 is 2.83 bits per heavy atom. The highest BCUT2D eigenvalue weighted by Gasteiger charge is 2.80. The van der Waals surface area contributed by atoms with E-state index >= 15 is 0 Å². The molecule has 4 heteroatoms. The zero-order valence-electron chi connectivity index (χ0n) is 10.1. The molecule has 4 nitrogen and oxygen atoms in total. The molecule has 1 aliphatic heterocycles. The van der Waals surface area contributed by atoms with Gasteiger partial charge in [0.15, 0.2) is 5.41 Å². The van der Waals surface area contributed by atoms with Crippen LogP contribution in [-0.2, 0) is 19.1 Å². The van der Waals surface area contributed by atoms with Gasteiger partial charge in [-0.05, 0) is 12.5 Å². The summed E-state index contributed by atoms with van der Waals surface area (Å²) in [6.07, 6.45) is 0. The lowest BCUT2D eigenvalue weighted by atomic mass is 9.99. The molecule has 0 radical (unpaired) electrons. The van der Waals surface area contributed by atoms with E-state index < -0.39 is 17.4 Å². The maximum absolute atomic E-state index is 12.1. The van der Waals surface area contributed by atoms with Gasteiger partial charge in [-0.3, -0.25) is 9.59 Å². The summed E-state index contributed by atoms with van der Waals surface area (Å²) in [6, 6.07) is 9.62. The molecule has 0 spiro atoms. The molecular formula is C14H14O4. The van der Waals surface area contributed by atoms with E-state index in [-0.39, 0.29) is 18.4 Å². The van der Waals surface area contributed by atoms with Gasteiger partial charge in [0.1, 0.15) is 0 Å². The fourth-order valence-corrected chi connectivity index (χ4v) is 3.02. The third-order valence-electron chi connectivity index (χ3n) is 3.87. The van der Waals surface area contributed by atoms with E-state index in [1.807, 2.05) is 30.3 Å². The second kappa shape index (κ2) is 3.83. The van der Waals surface area contributed by atoms with Gasteiger partial charge in [0.25, 0.3) is 0 Å². The van der Waals surface area contributed by atoms with Crippen molar-refractivity contribution in [2.75, 3.05) is 13.2 Å². The molecule has 1 heterocycles. The monoisotopic (exact) mass is 246 g/mol. The Labute approximate surface area is 105 Å². The molecule has 1 aromatic carbocycles. The topological polar surface area (TPSA) is 52.6 Å². The Morgan fingerprint density at radius 1 is 1.44 bits per heavy atom. The molecule has 1 aromatic rings. The minimum absolute atomic E-state index is 0.0635. The fraction of sp³-hybridized carbons (Fsp3) is 0.429. The summed E-state index contributed by atoms with van der Waals surface area (Å²) in [4.78, 5) is 24.0. The van der Waals surface area contributed by atoms with E-state index in [1.54, 1.807) is 6.92 Å². The van der Waals surface area contributed by atoms with E-state index in [0.717, 1.165) is 5.56 Å². The molecule has 2 aliphatic rings. The molecule has 94 valence electrons. The highest BCUT2D eigenvalue weighted by molar-refractivity contribution is 6.07. The molecule has 3 atom stereocenters. The summed E-state index contributed by atoms with van der Waals surface area (Å²) in [6.45, 7) is 2.34. The van der Waals surface area contributed by atoms with Crippen molar-refractivity contribution < 1.29 is 19.1 Å². The summed E-state index contributed by atoms with van der Waals surface area (Å²) in [5.41, 5.74) is -0.0654. The van der Waals surface area contributed by atoms with Gasteiger partial charge < -0.3 is 9.47 Å². The van der Waals surface area contributed by atoms with Gasteiger partial charge in [0, 0.05) is 11.8 Å². The molecular weight excluding hydrogens is 232 g/mol. The number of rotatable bonds is 3. The highest BCUT2D eigenvalue weighted by atomic mass is 16.6. The van der Waals surface area contributed by atoms with Crippen LogP contribution >= 0.6 is 0 Å². The quantitative estimate of drug-likeness (QED) is 0.599. The molecule has 0 aromatic heterocycles. The van der Waals surface area contributed by atoms with E-state index in [9.17, 15) is 9.59 Å². The van der Waals surface area contributed by atoms with Crippen LogP contribution in [-0.4, -0.2) is 25.2 Å². The lowest BCUT2D eigenvalue weighted by Gasteiger charge is -2.12. The van der Waals surface area contributed by atoms with Gasteiger partial charge in [0.05, 0.1) is 13.2 Å². The average Bonchev–Trinajstić information content (AvgIpc) is 2.96. The number of cyclic esters (lactones) is 1.